The van der Waals surface area contributed by atoms with Gasteiger partial charge in [0, 0.05) is 28.7 Å². The van der Waals surface area contributed by atoms with Crippen LogP contribution in [-0.2, 0) is 11.3 Å². The van der Waals surface area contributed by atoms with Gasteiger partial charge in [0.25, 0.3) is 5.91 Å². The summed E-state index contributed by atoms with van der Waals surface area (Å²) in [4.78, 5) is 17.4. The molecule has 2 aromatic carbocycles. The molecule has 0 aliphatic rings. The first-order valence-electron chi connectivity index (χ1n) is 7.31. The molecule has 0 N–H and O–H groups in total. The third kappa shape index (κ3) is 4.15. The molecule has 130 valence electrons. The molecular weight excluding hydrogens is 447 g/mol. The lowest BCUT2D eigenvalue weighted by Gasteiger charge is -2.06. The van der Waals surface area contributed by atoms with Gasteiger partial charge in [0.15, 0.2) is 4.80 Å². The lowest BCUT2D eigenvalue weighted by Crippen LogP contribution is -2.19. The number of benzene rings is 2. The zero-order valence-electron chi connectivity index (χ0n) is 13.1. The Morgan fingerprint density at radius 2 is 2.12 bits per heavy atom. The van der Waals surface area contributed by atoms with E-state index in [0.29, 0.717) is 33.6 Å². The Kier molecular flexibility index (Phi) is 5.96. The first-order chi connectivity index (χ1) is 12.0. The number of amides is 1. The Morgan fingerprint density at radius 3 is 2.84 bits per heavy atom. The zero-order valence-corrected chi connectivity index (χ0v) is 17.0. The molecule has 0 radical (unpaired) electrons. The van der Waals surface area contributed by atoms with E-state index in [1.54, 1.807) is 31.4 Å². The van der Waals surface area contributed by atoms with Crippen molar-refractivity contribution in [3.05, 3.63) is 61.3 Å². The zero-order chi connectivity index (χ0) is 18.0. The van der Waals surface area contributed by atoms with E-state index in [-0.39, 0.29) is 5.91 Å². The summed E-state index contributed by atoms with van der Waals surface area (Å²) in [6.07, 6.45) is 0. The Labute approximate surface area is 166 Å². The van der Waals surface area contributed by atoms with Gasteiger partial charge >= 0.3 is 0 Å². The molecule has 0 bridgehead atoms. The highest BCUT2D eigenvalue weighted by atomic mass is 79.9. The first-order valence-corrected chi connectivity index (χ1v) is 9.68. The normalized spacial score (nSPS) is 12.1. The van der Waals surface area contributed by atoms with Crippen LogP contribution in [0.25, 0.3) is 10.2 Å². The maximum Gasteiger partial charge on any atom is 0.279 e. The molecule has 0 saturated carbocycles. The average Bonchev–Trinajstić information content (AvgIpc) is 2.90. The van der Waals surface area contributed by atoms with Gasteiger partial charge in [0.1, 0.15) is 0 Å². The molecule has 0 unspecified atom stereocenters. The number of hydrogen-bond donors (Lipinski definition) is 0. The third-order valence-corrected chi connectivity index (χ3v) is 5.51. The summed E-state index contributed by atoms with van der Waals surface area (Å²) in [5.74, 6) is -0.318. The van der Waals surface area contributed by atoms with Crippen LogP contribution in [0.4, 0.5) is 0 Å². The number of fused-ring (bicyclic) bond motifs is 1. The SMILES string of the molecule is COCCn1c(=NC(=O)c2cccc(Br)c2)sc2cc(Cl)cc(Cl)c21. The van der Waals surface area contributed by atoms with E-state index in [9.17, 15) is 4.79 Å². The number of methoxy groups -OCH3 is 1. The number of carbonyl (C=O) groups excluding carboxylic acids is 1. The fourth-order valence-corrected chi connectivity index (χ4v) is 4.61. The second-order valence-electron chi connectivity index (χ2n) is 5.19. The monoisotopic (exact) mass is 458 g/mol. The highest BCUT2D eigenvalue weighted by Gasteiger charge is 2.13. The van der Waals surface area contributed by atoms with E-state index < -0.39 is 0 Å². The van der Waals surface area contributed by atoms with Crippen LogP contribution in [0.3, 0.4) is 0 Å². The number of aromatic nitrogens is 1. The van der Waals surface area contributed by atoms with Gasteiger partial charge in [-0.2, -0.15) is 4.99 Å². The molecule has 1 aromatic heterocycles. The molecule has 0 saturated heterocycles. The summed E-state index contributed by atoms with van der Waals surface area (Å²) in [5, 5.41) is 1.06. The summed E-state index contributed by atoms with van der Waals surface area (Å²) in [6, 6.07) is 10.6. The van der Waals surface area contributed by atoms with Gasteiger partial charge in [-0.1, -0.05) is 56.5 Å². The molecule has 3 rings (SSSR count). The van der Waals surface area contributed by atoms with Crippen LogP contribution >= 0.6 is 50.5 Å². The number of thiazole rings is 1. The topological polar surface area (TPSA) is 43.6 Å². The Balaban J connectivity index is 2.17. The van der Waals surface area contributed by atoms with Crippen LogP contribution in [-0.4, -0.2) is 24.2 Å². The number of rotatable bonds is 4. The quantitative estimate of drug-likeness (QED) is 0.540. The Morgan fingerprint density at radius 1 is 1.32 bits per heavy atom. The van der Waals surface area contributed by atoms with Crippen molar-refractivity contribution in [2.75, 3.05) is 13.7 Å². The molecular formula is C17H13BrCl2N2O2S. The van der Waals surface area contributed by atoms with Gasteiger partial charge in [-0.25, -0.2) is 0 Å². The van der Waals surface area contributed by atoms with E-state index in [1.807, 2.05) is 16.7 Å². The molecule has 0 aliphatic heterocycles. The van der Waals surface area contributed by atoms with Crippen molar-refractivity contribution in [3.8, 4) is 0 Å². The van der Waals surface area contributed by atoms with Crippen molar-refractivity contribution >= 4 is 66.6 Å². The summed E-state index contributed by atoms with van der Waals surface area (Å²) in [6.45, 7) is 1.01. The highest BCUT2D eigenvalue weighted by molar-refractivity contribution is 9.10. The van der Waals surface area contributed by atoms with Crippen LogP contribution in [0, 0.1) is 0 Å². The average molecular weight is 460 g/mol. The molecule has 0 atom stereocenters. The van der Waals surface area contributed by atoms with Gasteiger partial charge in [0.2, 0.25) is 0 Å². The summed E-state index contributed by atoms with van der Waals surface area (Å²) in [7, 11) is 1.62. The second kappa shape index (κ2) is 8.01. The minimum Gasteiger partial charge on any atom is -0.383 e. The third-order valence-electron chi connectivity index (χ3n) is 3.48. The number of nitrogens with zero attached hydrogens (tertiary/aromatic N) is 2. The van der Waals surface area contributed by atoms with Gasteiger partial charge < -0.3 is 9.30 Å². The predicted molar refractivity (Wildman–Crippen MR) is 106 cm³/mol. The number of hydrogen-bond acceptors (Lipinski definition) is 3. The molecule has 8 heteroatoms. The number of carbonyl (C=O) groups is 1. The smallest absolute Gasteiger partial charge is 0.279 e. The number of halogens is 3. The molecule has 1 heterocycles. The van der Waals surface area contributed by atoms with Gasteiger partial charge in [0.05, 0.1) is 21.8 Å². The van der Waals surface area contributed by atoms with Crippen molar-refractivity contribution < 1.29 is 9.53 Å². The fraction of sp³-hybridized carbons (Fsp3) is 0.176. The maximum absolute atomic E-state index is 12.5. The predicted octanol–water partition coefficient (Wildman–Crippen LogP) is 5.16. The largest absolute Gasteiger partial charge is 0.383 e. The van der Waals surface area contributed by atoms with E-state index in [2.05, 4.69) is 20.9 Å². The van der Waals surface area contributed by atoms with Crippen LogP contribution in [0.1, 0.15) is 10.4 Å². The van der Waals surface area contributed by atoms with Crippen LogP contribution in [0.2, 0.25) is 10.0 Å². The van der Waals surface area contributed by atoms with Crippen molar-refractivity contribution in [1.29, 1.82) is 0 Å². The molecule has 4 nitrogen and oxygen atoms in total. The summed E-state index contributed by atoms with van der Waals surface area (Å²) >= 11 is 17.2. The molecule has 25 heavy (non-hydrogen) atoms. The fourth-order valence-electron chi connectivity index (χ4n) is 2.38. The van der Waals surface area contributed by atoms with Crippen molar-refractivity contribution in [2.24, 2.45) is 4.99 Å². The van der Waals surface area contributed by atoms with E-state index in [0.717, 1.165) is 14.7 Å². The highest BCUT2D eigenvalue weighted by Crippen LogP contribution is 2.29. The van der Waals surface area contributed by atoms with E-state index >= 15 is 0 Å². The van der Waals surface area contributed by atoms with Crippen LogP contribution < -0.4 is 4.80 Å². The van der Waals surface area contributed by atoms with Crippen molar-refractivity contribution in [1.82, 2.24) is 4.57 Å². The minimum absolute atomic E-state index is 0.318. The summed E-state index contributed by atoms with van der Waals surface area (Å²) in [5.41, 5.74) is 1.31. The summed E-state index contributed by atoms with van der Waals surface area (Å²) < 4.78 is 8.75. The van der Waals surface area contributed by atoms with Gasteiger partial charge in [-0.05, 0) is 30.3 Å². The van der Waals surface area contributed by atoms with E-state index in [4.69, 9.17) is 27.9 Å². The molecule has 0 spiro atoms. The lowest BCUT2D eigenvalue weighted by molar-refractivity contribution is 0.0997. The minimum atomic E-state index is -0.318. The van der Waals surface area contributed by atoms with Gasteiger partial charge in [-0.3, -0.25) is 4.79 Å². The Hall–Kier alpha value is -1.18. The van der Waals surface area contributed by atoms with Crippen molar-refractivity contribution in [3.63, 3.8) is 0 Å². The standard InChI is InChI=1S/C17H13BrCl2N2O2S/c1-24-6-5-22-15-13(20)8-12(19)9-14(15)25-17(22)21-16(23)10-3-2-4-11(18)7-10/h2-4,7-9H,5-6H2,1H3. The molecule has 0 fully saturated rings. The van der Waals surface area contributed by atoms with E-state index in [1.165, 1.54) is 11.3 Å². The van der Waals surface area contributed by atoms with Crippen molar-refractivity contribution in [2.45, 2.75) is 6.54 Å². The van der Waals surface area contributed by atoms with Crippen LogP contribution in [0.15, 0.2) is 45.9 Å². The Bertz CT molecular complexity index is 1010. The molecule has 0 aliphatic carbocycles. The number of ether oxygens (including phenoxy) is 1. The molecule has 3 aromatic rings. The second-order valence-corrected chi connectivity index (χ2v) is 7.96. The maximum atomic E-state index is 12.5. The van der Waals surface area contributed by atoms with Crippen LogP contribution in [0.5, 0.6) is 0 Å². The van der Waals surface area contributed by atoms with Gasteiger partial charge in [-0.15, -0.1) is 0 Å². The first kappa shape index (κ1) is 18.6. The molecule has 1 amide bonds. The lowest BCUT2D eigenvalue weighted by atomic mass is 10.2.